The Balaban J connectivity index is 2.00. The summed E-state index contributed by atoms with van der Waals surface area (Å²) in [5.74, 6) is 0. The molecule has 0 bridgehead atoms. The zero-order valence-electron chi connectivity index (χ0n) is 11.1. The number of thiophene rings is 1. The maximum atomic E-state index is 10.6. The quantitative estimate of drug-likeness (QED) is 0.894. The van der Waals surface area contributed by atoms with Crippen LogP contribution < -0.4 is 0 Å². The van der Waals surface area contributed by atoms with Gasteiger partial charge in [0.1, 0.15) is 0 Å². The van der Waals surface area contributed by atoms with Crippen molar-refractivity contribution >= 4 is 27.3 Å². The molecule has 1 N–H and O–H groups in total. The van der Waals surface area contributed by atoms with E-state index in [0.717, 1.165) is 15.9 Å². The Bertz CT molecular complexity index is 524. The summed E-state index contributed by atoms with van der Waals surface area (Å²) in [5.41, 5.74) is 1.39. The van der Waals surface area contributed by atoms with E-state index >= 15 is 0 Å². The van der Waals surface area contributed by atoms with E-state index in [9.17, 15) is 5.11 Å². The molecule has 0 aliphatic heterocycles. The first-order valence-corrected chi connectivity index (χ1v) is 7.84. The molecule has 1 unspecified atom stereocenters. The molecule has 2 rings (SSSR count). The van der Waals surface area contributed by atoms with E-state index in [1.54, 1.807) is 11.3 Å². The van der Waals surface area contributed by atoms with Gasteiger partial charge in [-0.3, -0.25) is 4.90 Å². The van der Waals surface area contributed by atoms with Crippen molar-refractivity contribution in [2.45, 2.75) is 19.1 Å². The van der Waals surface area contributed by atoms with Crippen molar-refractivity contribution in [1.82, 2.24) is 4.90 Å². The number of halogens is 1. The fourth-order valence-corrected chi connectivity index (χ4v) is 3.41. The first-order chi connectivity index (χ1) is 8.97. The maximum absolute atomic E-state index is 10.6. The molecule has 0 spiro atoms. The summed E-state index contributed by atoms with van der Waals surface area (Å²) < 4.78 is 1.14. The molecule has 1 aromatic carbocycles. The Morgan fingerprint density at radius 3 is 2.58 bits per heavy atom. The highest BCUT2D eigenvalue weighted by molar-refractivity contribution is 9.11. The molecule has 1 atom stereocenters. The zero-order chi connectivity index (χ0) is 13.9. The largest absolute Gasteiger partial charge is 0.384 e. The van der Waals surface area contributed by atoms with E-state index in [1.807, 2.05) is 44.3 Å². The van der Waals surface area contributed by atoms with E-state index < -0.39 is 5.60 Å². The predicted molar refractivity (Wildman–Crippen MR) is 84.4 cm³/mol. The van der Waals surface area contributed by atoms with Crippen molar-refractivity contribution in [3.8, 4) is 0 Å². The minimum Gasteiger partial charge on any atom is -0.384 e. The molecular formula is C15H18BrNOS. The van der Waals surface area contributed by atoms with Crippen LogP contribution >= 0.6 is 27.3 Å². The van der Waals surface area contributed by atoms with Gasteiger partial charge in [-0.1, -0.05) is 30.3 Å². The molecule has 1 aromatic heterocycles. The lowest BCUT2D eigenvalue weighted by molar-refractivity contribution is 0.0214. The molecule has 0 aliphatic carbocycles. The summed E-state index contributed by atoms with van der Waals surface area (Å²) in [6.45, 7) is 3.30. The molecule has 19 heavy (non-hydrogen) atoms. The summed E-state index contributed by atoms with van der Waals surface area (Å²) in [5, 5.41) is 12.7. The van der Waals surface area contributed by atoms with Crippen molar-refractivity contribution in [3.63, 3.8) is 0 Å². The molecule has 2 aromatic rings. The first-order valence-electron chi connectivity index (χ1n) is 6.17. The fourth-order valence-electron chi connectivity index (χ4n) is 2.21. The molecule has 0 radical (unpaired) electrons. The third-order valence-corrected chi connectivity index (χ3v) is 4.60. The van der Waals surface area contributed by atoms with Crippen LogP contribution in [0.4, 0.5) is 0 Å². The van der Waals surface area contributed by atoms with Gasteiger partial charge in [0.2, 0.25) is 0 Å². The van der Waals surface area contributed by atoms with Crippen molar-refractivity contribution in [2.24, 2.45) is 0 Å². The molecule has 0 amide bonds. The molecule has 2 nitrogen and oxygen atoms in total. The van der Waals surface area contributed by atoms with Crippen molar-refractivity contribution < 1.29 is 5.11 Å². The second kappa shape index (κ2) is 6.18. The molecule has 102 valence electrons. The Morgan fingerprint density at radius 2 is 2.00 bits per heavy atom. The molecule has 0 saturated heterocycles. The predicted octanol–water partition coefficient (Wildman–Crippen LogP) is 3.85. The van der Waals surface area contributed by atoms with E-state index in [4.69, 9.17) is 0 Å². The minimum absolute atomic E-state index is 0.602. The lowest BCUT2D eigenvalue weighted by Gasteiger charge is -2.29. The van der Waals surface area contributed by atoms with Crippen molar-refractivity contribution in [2.75, 3.05) is 13.6 Å². The number of hydrogen-bond donors (Lipinski definition) is 1. The van der Waals surface area contributed by atoms with Gasteiger partial charge in [0, 0.05) is 13.1 Å². The minimum atomic E-state index is -0.830. The lowest BCUT2D eigenvalue weighted by Crippen LogP contribution is -2.36. The SMILES string of the molecule is CN(Cc1csc(Br)c1)CC(C)(O)c1ccccc1. The van der Waals surface area contributed by atoms with Crippen LogP contribution in [0.5, 0.6) is 0 Å². The number of hydrogen-bond acceptors (Lipinski definition) is 3. The van der Waals surface area contributed by atoms with Gasteiger partial charge in [0.05, 0.1) is 9.39 Å². The second-order valence-corrected chi connectivity index (χ2v) is 7.36. The topological polar surface area (TPSA) is 23.5 Å². The zero-order valence-corrected chi connectivity index (χ0v) is 13.5. The number of aliphatic hydroxyl groups is 1. The van der Waals surface area contributed by atoms with E-state index in [0.29, 0.717) is 6.54 Å². The summed E-state index contributed by atoms with van der Waals surface area (Å²) in [6, 6.07) is 11.9. The van der Waals surface area contributed by atoms with Crippen LogP contribution in [0.25, 0.3) is 0 Å². The molecule has 1 heterocycles. The van der Waals surface area contributed by atoms with Gasteiger partial charge < -0.3 is 5.11 Å². The molecule has 4 heteroatoms. The Hall–Kier alpha value is -0.680. The van der Waals surface area contributed by atoms with Gasteiger partial charge in [0.25, 0.3) is 0 Å². The highest BCUT2D eigenvalue weighted by Gasteiger charge is 2.24. The second-order valence-electron chi connectivity index (χ2n) is 5.07. The lowest BCUT2D eigenvalue weighted by atomic mass is 9.95. The smallest absolute Gasteiger partial charge is 0.0994 e. The summed E-state index contributed by atoms with van der Waals surface area (Å²) in [7, 11) is 2.03. The number of nitrogens with zero attached hydrogens (tertiary/aromatic N) is 1. The summed E-state index contributed by atoms with van der Waals surface area (Å²) in [6.07, 6.45) is 0. The van der Waals surface area contributed by atoms with Gasteiger partial charge in [-0.15, -0.1) is 11.3 Å². The van der Waals surface area contributed by atoms with Gasteiger partial charge in [-0.2, -0.15) is 0 Å². The Morgan fingerprint density at radius 1 is 1.32 bits per heavy atom. The molecule has 0 fully saturated rings. The van der Waals surface area contributed by atoms with Crippen LogP contribution in [-0.4, -0.2) is 23.6 Å². The maximum Gasteiger partial charge on any atom is 0.0994 e. The van der Waals surface area contributed by atoms with Crippen LogP contribution in [0.15, 0.2) is 45.6 Å². The Kier molecular flexibility index (Phi) is 4.79. The average molecular weight is 340 g/mol. The highest BCUT2D eigenvalue weighted by atomic mass is 79.9. The number of likely N-dealkylation sites (N-methyl/N-ethyl adjacent to an activating group) is 1. The van der Waals surface area contributed by atoms with Crippen molar-refractivity contribution in [3.05, 3.63) is 56.7 Å². The van der Waals surface area contributed by atoms with E-state index in [-0.39, 0.29) is 0 Å². The van der Waals surface area contributed by atoms with E-state index in [2.05, 4.69) is 32.3 Å². The number of benzene rings is 1. The van der Waals surface area contributed by atoms with Crippen LogP contribution in [0, 0.1) is 0 Å². The van der Waals surface area contributed by atoms with Gasteiger partial charge in [0.15, 0.2) is 0 Å². The average Bonchev–Trinajstić information content (AvgIpc) is 2.75. The third kappa shape index (κ3) is 4.14. The van der Waals surface area contributed by atoms with Gasteiger partial charge in [-0.25, -0.2) is 0 Å². The fraction of sp³-hybridized carbons (Fsp3) is 0.333. The van der Waals surface area contributed by atoms with Gasteiger partial charge in [-0.05, 0) is 52.5 Å². The summed E-state index contributed by atoms with van der Waals surface area (Å²) >= 11 is 5.16. The summed E-state index contributed by atoms with van der Waals surface area (Å²) in [4.78, 5) is 2.14. The Labute approximate surface area is 126 Å². The normalized spacial score (nSPS) is 14.6. The van der Waals surface area contributed by atoms with Crippen LogP contribution in [0.1, 0.15) is 18.1 Å². The van der Waals surface area contributed by atoms with Crippen LogP contribution in [0.3, 0.4) is 0 Å². The number of rotatable bonds is 5. The standard InChI is InChI=1S/C15H18BrNOS/c1-15(18,13-6-4-3-5-7-13)11-17(2)9-12-8-14(16)19-10-12/h3-8,10,18H,9,11H2,1-2H3. The van der Waals surface area contributed by atoms with Crippen molar-refractivity contribution in [1.29, 1.82) is 0 Å². The third-order valence-electron chi connectivity index (χ3n) is 3.05. The van der Waals surface area contributed by atoms with Crippen LogP contribution in [0.2, 0.25) is 0 Å². The first kappa shape index (κ1) is 14.7. The van der Waals surface area contributed by atoms with Crippen LogP contribution in [-0.2, 0) is 12.1 Å². The molecule has 0 saturated carbocycles. The van der Waals surface area contributed by atoms with E-state index in [1.165, 1.54) is 5.56 Å². The van der Waals surface area contributed by atoms with Gasteiger partial charge >= 0.3 is 0 Å². The molecule has 0 aliphatic rings. The monoisotopic (exact) mass is 339 g/mol. The highest BCUT2D eigenvalue weighted by Crippen LogP contribution is 2.24. The molecular weight excluding hydrogens is 322 g/mol.